The Labute approximate surface area is 154 Å². The van der Waals surface area contributed by atoms with Gasteiger partial charge in [-0.2, -0.15) is 0 Å². The van der Waals surface area contributed by atoms with E-state index in [1.807, 2.05) is 6.07 Å². The summed E-state index contributed by atoms with van der Waals surface area (Å²) >= 11 is 0. The molecule has 1 fully saturated rings. The lowest BCUT2D eigenvalue weighted by atomic mass is 9.93. The quantitative estimate of drug-likeness (QED) is 0.500. The van der Waals surface area contributed by atoms with Crippen molar-refractivity contribution in [2.24, 2.45) is 16.0 Å². The lowest BCUT2D eigenvalue weighted by molar-refractivity contribution is -0.121. The van der Waals surface area contributed by atoms with E-state index in [0.29, 0.717) is 18.9 Å². The van der Waals surface area contributed by atoms with E-state index in [1.165, 1.54) is 6.07 Å². The average molecular weight is 382 g/mol. The maximum atomic E-state index is 11.5. The topological polar surface area (TPSA) is 117 Å². The highest BCUT2D eigenvalue weighted by Crippen LogP contribution is 2.20. The van der Waals surface area contributed by atoms with E-state index in [-0.39, 0.29) is 10.8 Å². The smallest absolute Gasteiger partial charge is 0.238 e. The number of nitrogens with two attached hydrogens (primary N) is 1. The van der Waals surface area contributed by atoms with Gasteiger partial charge in [0.15, 0.2) is 5.96 Å². The normalized spacial score (nSPS) is 16.4. The number of carbonyl (C=O) groups excluding carboxylic acids is 1. The van der Waals surface area contributed by atoms with Crippen LogP contribution < -0.4 is 15.8 Å². The van der Waals surface area contributed by atoms with Crippen LogP contribution in [0.3, 0.4) is 0 Å². The van der Waals surface area contributed by atoms with E-state index in [0.717, 1.165) is 37.5 Å². The Kier molecular flexibility index (Phi) is 6.98. The minimum Gasteiger partial charge on any atom is -0.359 e. The zero-order valence-corrected chi connectivity index (χ0v) is 16.1. The number of carbonyl (C=O) groups is 1. The maximum Gasteiger partial charge on any atom is 0.238 e. The number of nitrogens with zero attached hydrogens (tertiary/aromatic N) is 2. The van der Waals surface area contributed by atoms with Gasteiger partial charge in [0.2, 0.25) is 15.9 Å². The zero-order valence-electron chi connectivity index (χ0n) is 15.2. The predicted octanol–water partition coefficient (Wildman–Crippen LogP) is 0.258. The summed E-state index contributed by atoms with van der Waals surface area (Å²) in [7, 11) is -0.327. The molecular formula is C17H27N5O3S. The van der Waals surface area contributed by atoms with Crippen molar-refractivity contribution in [2.75, 3.05) is 27.2 Å². The summed E-state index contributed by atoms with van der Waals surface area (Å²) in [5.41, 5.74) is 0.812. The monoisotopic (exact) mass is 381 g/mol. The number of nitrogens with one attached hydrogen (secondary N) is 2. The van der Waals surface area contributed by atoms with Crippen molar-refractivity contribution in [3.05, 3.63) is 29.8 Å². The second-order valence-electron chi connectivity index (χ2n) is 6.40. The molecule has 9 heteroatoms. The van der Waals surface area contributed by atoms with Crippen LogP contribution in [0.1, 0.15) is 24.8 Å². The largest absolute Gasteiger partial charge is 0.359 e. The third kappa shape index (κ3) is 5.70. The fraction of sp³-hybridized carbons (Fsp3) is 0.529. The molecule has 0 aliphatic carbocycles. The Morgan fingerprint density at radius 3 is 2.62 bits per heavy atom. The minimum absolute atomic E-state index is 0.0840. The summed E-state index contributed by atoms with van der Waals surface area (Å²) in [6.07, 6.45) is 2.45. The molecule has 0 spiro atoms. The van der Waals surface area contributed by atoms with Crippen LogP contribution in [0.25, 0.3) is 0 Å². The van der Waals surface area contributed by atoms with Gasteiger partial charge in [-0.3, -0.25) is 9.79 Å². The summed E-state index contributed by atoms with van der Waals surface area (Å²) in [5.74, 6) is 1.25. The van der Waals surface area contributed by atoms with Crippen molar-refractivity contribution in [3.8, 4) is 0 Å². The average Bonchev–Trinajstić information content (AvgIpc) is 2.63. The molecule has 0 unspecified atom stereocenters. The number of benzene rings is 1. The molecule has 1 heterocycles. The first-order chi connectivity index (χ1) is 12.3. The molecular weight excluding hydrogens is 354 g/mol. The van der Waals surface area contributed by atoms with Crippen LogP contribution >= 0.6 is 0 Å². The number of likely N-dealkylation sites (tertiary alicyclic amines) is 1. The number of primary sulfonamides is 1. The van der Waals surface area contributed by atoms with Crippen molar-refractivity contribution in [2.45, 2.75) is 30.7 Å². The van der Waals surface area contributed by atoms with E-state index in [1.54, 1.807) is 26.2 Å². The molecule has 0 saturated carbocycles. The number of piperidine rings is 1. The highest BCUT2D eigenvalue weighted by molar-refractivity contribution is 7.89. The standard InChI is InChI=1S/C17H27N5O3S/c1-19-16(23)11-13-6-8-22(9-7-13)17(20-2)21-12-14-4-3-5-15(10-14)26(18,24)25/h3-5,10,13H,6-9,11-12H2,1-2H3,(H,19,23)(H,20,21)(H2,18,24,25). The van der Waals surface area contributed by atoms with Crippen LogP contribution in [0, 0.1) is 5.92 Å². The Balaban J connectivity index is 1.90. The highest BCUT2D eigenvalue weighted by Gasteiger charge is 2.23. The van der Waals surface area contributed by atoms with Gasteiger partial charge in [0.25, 0.3) is 0 Å². The molecule has 144 valence electrons. The molecule has 1 aliphatic heterocycles. The second-order valence-corrected chi connectivity index (χ2v) is 7.96. The SMILES string of the molecule is CN=C(NCc1cccc(S(N)(=O)=O)c1)N1CCC(CC(=O)NC)CC1. The van der Waals surface area contributed by atoms with E-state index < -0.39 is 10.0 Å². The van der Waals surface area contributed by atoms with Gasteiger partial charge in [-0.1, -0.05) is 12.1 Å². The summed E-state index contributed by atoms with van der Waals surface area (Å²) < 4.78 is 22.9. The van der Waals surface area contributed by atoms with Crippen molar-refractivity contribution in [3.63, 3.8) is 0 Å². The van der Waals surface area contributed by atoms with Crippen LogP contribution in [-0.4, -0.2) is 52.4 Å². The zero-order chi connectivity index (χ0) is 19.2. The molecule has 0 atom stereocenters. The van der Waals surface area contributed by atoms with Gasteiger partial charge in [0, 0.05) is 40.2 Å². The third-order valence-electron chi connectivity index (χ3n) is 4.56. The van der Waals surface area contributed by atoms with Crippen LogP contribution in [0.5, 0.6) is 0 Å². The maximum absolute atomic E-state index is 11.5. The number of sulfonamides is 1. The summed E-state index contributed by atoms with van der Waals surface area (Å²) in [5, 5.41) is 11.1. The molecule has 1 amide bonds. The fourth-order valence-electron chi connectivity index (χ4n) is 3.06. The van der Waals surface area contributed by atoms with Crippen LogP contribution in [-0.2, 0) is 21.4 Å². The van der Waals surface area contributed by atoms with Crippen LogP contribution in [0.15, 0.2) is 34.2 Å². The van der Waals surface area contributed by atoms with Crippen LogP contribution in [0.4, 0.5) is 0 Å². The molecule has 4 N–H and O–H groups in total. The van der Waals surface area contributed by atoms with Gasteiger partial charge in [0.05, 0.1) is 4.90 Å². The number of guanidine groups is 1. The third-order valence-corrected chi connectivity index (χ3v) is 5.47. The minimum atomic E-state index is -3.71. The first-order valence-corrected chi connectivity index (χ1v) is 10.2. The van der Waals surface area contributed by atoms with Crippen molar-refractivity contribution < 1.29 is 13.2 Å². The first-order valence-electron chi connectivity index (χ1n) is 8.61. The molecule has 0 aromatic heterocycles. The number of hydrogen-bond donors (Lipinski definition) is 3. The van der Waals surface area contributed by atoms with Gasteiger partial charge in [-0.15, -0.1) is 0 Å². The molecule has 1 aromatic rings. The summed E-state index contributed by atoms with van der Waals surface area (Å²) in [4.78, 5) is 18.1. The lowest BCUT2D eigenvalue weighted by Gasteiger charge is -2.34. The Morgan fingerprint density at radius 2 is 2.04 bits per heavy atom. The lowest BCUT2D eigenvalue weighted by Crippen LogP contribution is -2.45. The fourth-order valence-corrected chi connectivity index (χ4v) is 3.64. The van der Waals surface area contributed by atoms with Crippen LogP contribution in [0.2, 0.25) is 0 Å². The van der Waals surface area contributed by atoms with Crippen molar-refractivity contribution in [1.82, 2.24) is 15.5 Å². The van der Waals surface area contributed by atoms with Gasteiger partial charge in [-0.05, 0) is 36.5 Å². The van der Waals surface area contributed by atoms with E-state index in [4.69, 9.17) is 5.14 Å². The number of rotatable bonds is 5. The summed E-state index contributed by atoms with van der Waals surface area (Å²) in [6.45, 7) is 2.12. The van der Waals surface area contributed by atoms with Gasteiger partial charge in [0.1, 0.15) is 0 Å². The predicted molar refractivity (Wildman–Crippen MR) is 101 cm³/mol. The number of hydrogen-bond acceptors (Lipinski definition) is 4. The number of amides is 1. The van der Waals surface area contributed by atoms with E-state index >= 15 is 0 Å². The van der Waals surface area contributed by atoms with Gasteiger partial charge < -0.3 is 15.5 Å². The summed E-state index contributed by atoms with van der Waals surface area (Å²) in [6, 6.07) is 6.55. The van der Waals surface area contributed by atoms with E-state index in [9.17, 15) is 13.2 Å². The Bertz CT molecular complexity index is 755. The van der Waals surface area contributed by atoms with Crippen molar-refractivity contribution in [1.29, 1.82) is 0 Å². The Hall–Kier alpha value is -2.13. The molecule has 1 saturated heterocycles. The molecule has 8 nitrogen and oxygen atoms in total. The number of aliphatic imine (C=N–C) groups is 1. The highest BCUT2D eigenvalue weighted by atomic mass is 32.2. The van der Waals surface area contributed by atoms with Gasteiger partial charge >= 0.3 is 0 Å². The molecule has 1 aliphatic rings. The molecule has 1 aromatic carbocycles. The second kappa shape index (κ2) is 9.00. The molecule has 0 bridgehead atoms. The Morgan fingerprint density at radius 1 is 1.35 bits per heavy atom. The molecule has 26 heavy (non-hydrogen) atoms. The molecule has 2 rings (SSSR count). The molecule has 0 radical (unpaired) electrons. The van der Waals surface area contributed by atoms with E-state index in [2.05, 4.69) is 20.5 Å². The van der Waals surface area contributed by atoms with Gasteiger partial charge in [-0.25, -0.2) is 13.6 Å². The van der Waals surface area contributed by atoms with Crippen molar-refractivity contribution >= 4 is 21.9 Å². The first kappa shape index (κ1) is 20.2.